The van der Waals surface area contributed by atoms with Crippen LogP contribution in [0.5, 0.6) is 0 Å². The second-order valence-electron chi connectivity index (χ2n) is 4.83. The fourth-order valence-corrected chi connectivity index (χ4v) is 3.03. The Balaban J connectivity index is 2.15. The summed E-state index contributed by atoms with van der Waals surface area (Å²) in [5, 5.41) is 0.125. The smallest absolute Gasteiger partial charge is 0.260 e. The average molecular weight is 308 g/mol. The van der Waals surface area contributed by atoms with E-state index in [1.165, 1.54) is 10.5 Å². The molecule has 3 N–H and O–H groups in total. The number of hydrogen-bond donors (Lipinski definition) is 2. The van der Waals surface area contributed by atoms with E-state index in [0.717, 1.165) is 11.1 Å². The quantitative estimate of drug-likeness (QED) is 0.840. The van der Waals surface area contributed by atoms with E-state index in [-0.39, 0.29) is 5.03 Å². The number of sulfonamides is 1. The van der Waals surface area contributed by atoms with Gasteiger partial charge in [-0.2, -0.15) is 4.31 Å². The third-order valence-corrected chi connectivity index (χ3v) is 5.01. The third-order valence-electron chi connectivity index (χ3n) is 3.29. The van der Waals surface area contributed by atoms with Crippen LogP contribution in [-0.2, 0) is 29.5 Å². The van der Waals surface area contributed by atoms with Gasteiger partial charge in [0.25, 0.3) is 10.0 Å². The van der Waals surface area contributed by atoms with Crippen molar-refractivity contribution in [3.8, 4) is 0 Å². The van der Waals surface area contributed by atoms with E-state index in [1.807, 2.05) is 31.2 Å². The van der Waals surface area contributed by atoms with Crippen LogP contribution >= 0.6 is 0 Å². The van der Waals surface area contributed by atoms with Crippen molar-refractivity contribution >= 4 is 10.0 Å². The largest absolute Gasteiger partial charge is 0.332 e. The maximum atomic E-state index is 12.4. The van der Waals surface area contributed by atoms with Crippen molar-refractivity contribution < 1.29 is 8.42 Å². The molecule has 0 saturated heterocycles. The van der Waals surface area contributed by atoms with E-state index in [2.05, 4.69) is 9.97 Å². The summed E-state index contributed by atoms with van der Waals surface area (Å²) in [6.07, 6.45) is 2.03. The normalized spacial score (nSPS) is 12.0. The zero-order valence-corrected chi connectivity index (χ0v) is 13.0. The van der Waals surface area contributed by atoms with E-state index >= 15 is 0 Å². The molecule has 0 unspecified atom stereocenters. The number of aryl methyl sites for hydroxylation is 1. The molecule has 2 rings (SSSR count). The molecule has 114 valence electrons. The average Bonchev–Trinajstić information content (AvgIpc) is 2.97. The lowest BCUT2D eigenvalue weighted by atomic mass is 10.1. The van der Waals surface area contributed by atoms with Gasteiger partial charge in [0, 0.05) is 26.6 Å². The van der Waals surface area contributed by atoms with E-state index in [0.29, 0.717) is 25.3 Å². The first-order valence-electron chi connectivity index (χ1n) is 6.75. The van der Waals surface area contributed by atoms with Gasteiger partial charge in [-0.15, -0.1) is 0 Å². The number of rotatable bonds is 6. The molecule has 0 aliphatic heterocycles. The second-order valence-corrected chi connectivity index (χ2v) is 6.84. The number of nitrogens with one attached hydrogen (secondary N) is 1. The lowest BCUT2D eigenvalue weighted by Gasteiger charge is -2.16. The molecule has 0 aliphatic rings. The van der Waals surface area contributed by atoms with Gasteiger partial charge < -0.3 is 10.7 Å². The molecule has 21 heavy (non-hydrogen) atoms. The molecule has 0 amide bonds. The number of imidazole rings is 1. The Morgan fingerprint density at radius 1 is 1.24 bits per heavy atom. The fraction of sp³-hybridized carbons (Fsp3) is 0.357. The molecule has 0 spiro atoms. The molecule has 0 bridgehead atoms. The van der Waals surface area contributed by atoms with Crippen molar-refractivity contribution in [1.82, 2.24) is 14.3 Å². The number of H-pyrrole nitrogens is 1. The lowest BCUT2D eigenvalue weighted by Crippen LogP contribution is -2.26. The molecule has 0 radical (unpaired) electrons. The van der Waals surface area contributed by atoms with Gasteiger partial charge in [0.1, 0.15) is 5.82 Å². The number of aromatic amines is 1. The van der Waals surface area contributed by atoms with Crippen LogP contribution in [0.25, 0.3) is 0 Å². The van der Waals surface area contributed by atoms with Crippen LogP contribution in [0.3, 0.4) is 0 Å². The minimum absolute atomic E-state index is 0.125. The molecular formula is C14H20N4O2S. The van der Waals surface area contributed by atoms with Gasteiger partial charge in [0.15, 0.2) is 5.03 Å². The predicted octanol–water partition coefficient (Wildman–Crippen LogP) is 1.25. The van der Waals surface area contributed by atoms with Crippen molar-refractivity contribution in [3.63, 3.8) is 0 Å². The summed E-state index contributed by atoms with van der Waals surface area (Å²) in [6.45, 7) is 2.69. The van der Waals surface area contributed by atoms with Gasteiger partial charge in [0.05, 0.1) is 6.20 Å². The molecule has 1 aromatic carbocycles. The first-order valence-corrected chi connectivity index (χ1v) is 8.19. The van der Waals surface area contributed by atoms with Gasteiger partial charge in [-0.05, 0) is 11.1 Å². The van der Waals surface area contributed by atoms with Crippen LogP contribution in [0, 0.1) is 0 Å². The van der Waals surface area contributed by atoms with E-state index < -0.39 is 10.0 Å². The van der Waals surface area contributed by atoms with Crippen molar-refractivity contribution in [1.29, 1.82) is 0 Å². The summed E-state index contributed by atoms with van der Waals surface area (Å²) in [6, 6.07) is 7.58. The molecule has 0 saturated carbocycles. The highest BCUT2D eigenvalue weighted by Crippen LogP contribution is 2.15. The molecule has 0 fully saturated rings. The zero-order valence-electron chi connectivity index (χ0n) is 12.2. The third kappa shape index (κ3) is 3.49. The predicted molar refractivity (Wildman–Crippen MR) is 81.0 cm³/mol. The van der Waals surface area contributed by atoms with E-state index in [4.69, 9.17) is 5.73 Å². The Hall–Kier alpha value is -1.70. The molecule has 2 aromatic rings. The van der Waals surface area contributed by atoms with Gasteiger partial charge in [-0.1, -0.05) is 31.2 Å². The number of nitrogens with zero attached hydrogens (tertiary/aromatic N) is 2. The molecule has 7 heteroatoms. The van der Waals surface area contributed by atoms with Crippen molar-refractivity contribution in [2.45, 2.75) is 31.5 Å². The molecule has 6 nitrogen and oxygen atoms in total. The van der Waals surface area contributed by atoms with Crippen LogP contribution < -0.4 is 5.73 Å². The van der Waals surface area contributed by atoms with Crippen LogP contribution in [0.2, 0.25) is 0 Å². The minimum Gasteiger partial charge on any atom is -0.332 e. The van der Waals surface area contributed by atoms with Crippen LogP contribution in [0.15, 0.2) is 35.5 Å². The monoisotopic (exact) mass is 308 g/mol. The Labute approximate surface area is 125 Å². The Morgan fingerprint density at radius 2 is 1.86 bits per heavy atom. The van der Waals surface area contributed by atoms with Gasteiger partial charge >= 0.3 is 0 Å². The standard InChI is InChI=1S/C14H20N4O2S/c1-3-13-16-9-14(17-13)21(19,20)18(2)10-12-6-4-11(8-15)5-7-12/h4-7,9H,3,8,10,15H2,1-2H3,(H,16,17). The summed E-state index contributed by atoms with van der Waals surface area (Å²) in [7, 11) is -2.00. The topological polar surface area (TPSA) is 92.1 Å². The van der Waals surface area contributed by atoms with Crippen LogP contribution in [0.4, 0.5) is 0 Å². The summed E-state index contributed by atoms with van der Waals surface area (Å²) >= 11 is 0. The molecule has 1 aromatic heterocycles. The maximum Gasteiger partial charge on any atom is 0.260 e. The Kier molecular flexibility index (Phi) is 4.76. The Bertz CT molecular complexity index is 692. The molecule has 0 aliphatic carbocycles. The number of benzene rings is 1. The van der Waals surface area contributed by atoms with Gasteiger partial charge in [-0.25, -0.2) is 13.4 Å². The fourth-order valence-electron chi connectivity index (χ4n) is 1.94. The van der Waals surface area contributed by atoms with E-state index in [9.17, 15) is 8.42 Å². The van der Waals surface area contributed by atoms with Crippen molar-refractivity contribution in [3.05, 3.63) is 47.4 Å². The second kappa shape index (κ2) is 6.38. The summed E-state index contributed by atoms with van der Waals surface area (Å²) in [5.74, 6) is 0.661. The number of nitrogens with two attached hydrogens (primary N) is 1. The minimum atomic E-state index is -3.55. The highest BCUT2D eigenvalue weighted by atomic mass is 32.2. The number of aromatic nitrogens is 2. The van der Waals surface area contributed by atoms with Crippen molar-refractivity contribution in [2.75, 3.05) is 7.05 Å². The maximum absolute atomic E-state index is 12.4. The lowest BCUT2D eigenvalue weighted by molar-refractivity contribution is 0.464. The van der Waals surface area contributed by atoms with Crippen LogP contribution in [-0.4, -0.2) is 29.7 Å². The highest BCUT2D eigenvalue weighted by molar-refractivity contribution is 7.89. The number of hydrogen-bond acceptors (Lipinski definition) is 4. The molecule has 1 heterocycles. The van der Waals surface area contributed by atoms with Gasteiger partial charge in [0.2, 0.25) is 0 Å². The van der Waals surface area contributed by atoms with Crippen LogP contribution in [0.1, 0.15) is 23.9 Å². The SMILES string of the molecule is CCc1ncc(S(=O)(=O)N(C)Cc2ccc(CN)cc2)[nH]1. The molecule has 0 atom stereocenters. The van der Waals surface area contributed by atoms with E-state index in [1.54, 1.807) is 7.05 Å². The first-order chi connectivity index (χ1) is 9.97. The molecular weight excluding hydrogens is 288 g/mol. The zero-order chi connectivity index (χ0) is 15.5. The Morgan fingerprint density at radius 3 is 2.38 bits per heavy atom. The first kappa shape index (κ1) is 15.7. The summed E-state index contributed by atoms with van der Waals surface area (Å²) in [5.41, 5.74) is 7.47. The summed E-state index contributed by atoms with van der Waals surface area (Å²) < 4.78 is 26.2. The highest BCUT2D eigenvalue weighted by Gasteiger charge is 2.23. The van der Waals surface area contributed by atoms with Crippen molar-refractivity contribution in [2.24, 2.45) is 5.73 Å². The summed E-state index contributed by atoms with van der Waals surface area (Å²) in [4.78, 5) is 6.87. The van der Waals surface area contributed by atoms with Gasteiger partial charge in [-0.3, -0.25) is 0 Å².